The number of rotatable bonds is 5. The van der Waals surface area contributed by atoms with Gasteiger partial charge in [-0.1, -0.05) is 26.0 Å². The van der Waals surface area contributed by atoms with Crippen LogP contribution in [0.3, 0.4) is 0 Å². The lowest BCUT2D eigenvalue weighted by Gasteiger charge is -2.34. The van der Waals surface area contributed by atoms with Crippen molar-refractivity contribution in [2.75, 3.05) is 18.0 Å². The molecule has 160 valence electrons. The van der Waals surface area contributed by atoms with E-state index in [9.17, 15) is 9.18 Å². The normalized spacial score (nSPS) is 14.6. The third-order valence-electron chi connectivity index (χ3n) is 5.53. The van der Waals surface area contributed by atoms with Gasteiger partial charge in [-0.25, -0.2) is 9.37 Å². The fourth-order valence-electron chi connectivity index (χ4n) is 3.84. The Morgan fingerprint density at radius 2 is 1.87 bits per heavy atom. The van der Waals surface area contributed by atoms with E-state index in [-0.39, 0.29) is 17.8 Å². The number of hydrogen-bond donors (Lipinski definition) is 1. The lowest BCUT2D eigenvalue weighted by atomic mass is 10.0. The number of hydrogen-bond acceptors (Lipinski definition) is 5. The van der Waals surface area contributed by atoms with E-state index in [4.69, 9.17) is 0 Å². The summed E-state index contributed by atoms with van der Waals surface area (Å²) in [4.78, 5) is 28.3. The molecule has 0 bridgehead atoms. The van der Waals surface area contributed by atoms with E-state index < -0.39 is 0 Å². The number of nitrogens with one attached hydrogen (secondary N) is 1. The summed E-state index contributed by atoms with van der Waals surface area (Å²) in [7, 11) is 0. The zero-order chi connectivity index (χ0) is 21.8. The summed E-state index contributed by atoms with van der Waals surface area (Å²) in [6, 6.07) is 9.83. The average molecular weight is 420 g/mol. The molecule has 1 saturated heterocycles. The summed E-state index contributed by atoms with van der Waals surface area (Å²) in [6.45, 7) is 5.88. The molecule has 0 spiro atoms. The van der Waals surface area contributed by atoms with Crippen LogP contribution in [0.1, 0.15) is 48.7 Å². The van der Waals surface area contributed by atoms with Crippen LogP contribution in [0.25, 0.3) is 11.3 Å². The Morgan fingerprint density at radius 3 is 2.55 bits per heavy atom. The van der Waals surface area contributed by atoms with Crippen LogP contribution in [0.15, 0.2) is 55.0 Å². The molecule has 1 aliphatic rings. The van der Waals surface area contributed by atoms with Gasteiger partial charge in [-0.2, -0.15) is 0 Å². The zero-order valence-electron chi connectivity index (χ0n) is 17.8. The number of halogens is 1. The molecule has 6 nitrogen and oxygen atoms in total. The van der Waals surface area contributed by atoms with Crippen molar-refractivity contribution in [3.8, 4) is 11.3 Å². The summed E-state index contributed by atoms with van der Waals surface area (Å²) >= 11 is 0. The molecule has 3 aromatic rings. The number of nitrogens with zero attached hydrogens (tertiary/aromatic N) is 4. The quantitative estimate of drug-likeness (QED) is 0.671. The van der Waals surface area contributed by atoms with Crippen molar-refractivity contribution < 1.29 is 9.18 Å². The molecule has 1 amide bonds. The first-order chi connectivity index (χ1) is 15.0. The lowest BCUT2D eigenvalue weighted by molar-refractivity contribution is 0.0930. The number of carbonyl (C=O) groups is 1. The van der Waals surface area contributed by atoms with Crippen LogP contribution in [0.5, 0.6) is 0 Å². The fourth-order valence-corrected chi connectivity index (χ4v) is 3.84. The van der Waals surface area contributed by atoms with Crippen LogP contribution < -0.4 is 10.2 Å². The highest BCUT2D eigenvalue weighted by atomic mass is 19.1. The van der Waals surface area contributed by atoms with Crippen LogP contribution in [0.2, 0.25) is 0 Å². The minimum atomic E-state index is -0.311. The van der Waals surface area contributed by atoms with Crippen molar-refractivity contribution in [3.63, 3.8) is 0 Å². The molecule has 0 atom stereocenters. The molecule has 31 heavy (non-hydrogen) atoms. The van der Waals surface area contributed by atoms with Crippen molar-refractivity contribution in [3.05, 3.63) is 72.1 Å². The number of piperidine rings is 1. The van der Waals surface area contributed by atoms with E-state index in [0.717, 1.165) is 37.4 Å². The van der Waals surface area contributed by atoms with Gasteiger partial charge in [0.1, 0.15) is 5.82 Å². The maximum atomic E-state index is 13.4. The van der Waals surface area contributed by atoms with E-state index in [1.807, 2.05) is 0 Å². The Morgan fingerprint density at radius 1 is 1.10 bits per heavy atom. The molecule has 1 aliphatic heterocycles. The first-order valence-electron chi connectivity index (χ1n) is 10.6. The van der Waals surface area contributed by atoms with Gasteiger partial charge in [-0.3, -0.25) is 14.8 Å². The summed E-state index contributed by atoms with van der Waals surface area (Å²) < 4.78 is 13.4. The molecule has 0 unspecified atom stereocenters. The highest BCUT2D eigenvalue weighted by molar-refractivity contribution is 5.94. The van der Waals surface area contributed by atoms with Crippen LogP contribution >= 0.6 is 0 Å². The summed E-state index contributed by atoms with van der Waals surface area (Å²) in [5.74, 6) is 0.803. The van der Waals surface area contributed by atoms with Gasteiger partial charge in [-0.05, 0) is 43.0 Å². The van der Waals surface area contributed by atoms with Crippen LogP contribution in [0.4, 0.5) is 10.2 Å². The van der Waals surface area contributed by atoms with Crippen molar-refractivity contribution in [1.29, 1.82) is 0 Å². The van der Waals surface area contributed by atoms with Crippen molar-refractivity contribution in [1.82, 2.24) is 20.3 Å². The number of amides is 1. The van der Waals surface area contributed by atoms with Gasteiger partial charge in [0.15, 0.2) is 5.82 Å². The van der Waals surface area contributed by atoms with E-state index in [1.54, 1.807) is 42.9 Å². The average Bonchev–Trinajstić information content (AvgIpc) is 2.79. The van der Waals surface area contributed by atoms with E-state index in [0.29, 0.717) is 22.7 Å². The minimum Gasteiger partial charge on any atom is -0.355 e. The van der Waals surface area contributed by atoms with Crippen LogP contribution in [-0.2, 0) is 0 Å². The predicted octanol–water partition coefficient (Wildman–Crippen LogP) is 4.20. The molecule has 1 fully saturated rings. The third kappa shape index (κ3) is 4.87. The standard InChI is InChI=1S/C24H26FN5O/c1-16(2)22-23(27-11-10-26-22)30-12-8-20(9-13-30)29-24(31)18-6-7-21(28-15-18)17-4-3-5-19(25)14-17/h3-7,10-11,14-16,20H,8-9,12-13H2,1-2H3,(H,29,31). The van der Waals surface area contributed by atoms with Crippen LogP contribution in [0, 0.1) is 5.82 Å². The van der Waals surface area contributed by atoms with Gasteiger partial charge < -0.3 is 10.2 Å². The number of pyridine rings is 1. The van der Waals surface area contributed by atoms with Gasteiger partial charge >= 0.3 is 0 Å². The second kappa shape index (κ2) is 9.20. The van der Waals surface area contributed by atoms with Gasteiger partial charge in [0.25, 0.3) is 5.91 Å². The first-order valence-corrected chi connectivity index (χ1v) is 10.6. The Hall–Kier alpha value is -3.35. The largest absolute Gasteiger partial charge is 0.355 e. The number of carbonyl (C=O) groups excluding carboxylic acids is 1. The first kappa shape index (κ1) is 20.9. The molecule has 0 aliphatic carbocycles. The predicted molar refractivity (Wildman–Crippen MR) is 118 cm³/mol. The molecule has 4 rings (SSSR count). The molecular formula is C24H26FN5O. The molecule has 1 N–H and O–H groups in total. The van der Waals surface area contributed by atoms with E-state index >= 15 is 0 Å². The van der Waals surface area contributed by atoms with Crippen molar-refractivity contribution in [2.24, 2.45) is 0 Å². The maximum absolute atomic E-state index is 13.4. The fraction of sp³-hybridized carbons (Fsp3) is 0.333. The maximum Gasteiger partial charge on any atom is 0.253 e. The smallest absolute Gasteiger partial charge is 0.253 e. The van der Waals surface area contributed by atoms with Gasteiger partial charge in [0, 0.05) is 43.3 Å². The highest BCUT2D eigenvalue weighted by Crippen LogP contribution is 2.25. The van der Waals surface area contributed by atoms with Crippen LogP contribution in [-0.4, -0.2) is 40.0 Å². The van der Waals surface area contributed by atoms with Crippen molar-refractivity contribution in [2.45, 2.75) is 38.6 Å². The second-order valence-electron chi connectivity index (χ2n) is 8.10. The topological polar surface area (TPSA) is 71.0 Å². The molecule has 7 heteroatoms. The van der Waals surface area contributed by atoms with E-state index in [1.165, 1.54) is 12.1 Å². The van der Waals surface area contributed by atoms with Crippen molar-refractivity contribution >= 4 is 11.7 Å². The number of anilines is 1. The Labute approximate surface area is 181 Å². The SMILES string of the molecule is CC(C)c1nccnc1N1CCC(NC(=O)c2ccc(-c3cccc(F)c3)nc2)CC1. The zero-order valence-corrected chi connectivity index (χ0v) is 17.8. The molecule has 3 heterocycles. The third-order valence-corrected chi connectivity index (χ3v) is 5.53. The number of benzene rings is 1. The molecule has 0 radical (unpaired) electrons. The van der Waals surface area contributed by atoms with Gasteiger partial charge in [-0.15, -0.1) is 0 Å². The minimum absolute atomic E-state index is 0.103. The molecular weight excluding hydrogens is 393 g/mol. The highest BCUT2D eigenvalue weighted by Gasteiger charge is 2.24. The van der Waals surface area contributed by atoms with E-state index in [2.05, 4.69) is 39.0 Å². The second-order valence-corrected chi connectivity index (χ2v) is 8.10. The monoisotopic (exact) mass is 419 g/mol. The number of aromatic nitrogens is 3. The summed E-state index contributed by atoms with van der Waals surface area (Å²) in [6.07, 6.45) is 6.69. The summed E-state index contributed by atoms with van der Waals surface area (Å²) in [5.41, 5.74) is 2.83. The van der Waals surface area contributed by atoms with Gasteiger partial charge in [0.2, 0.25) is 0 Å². The Balaban J connectivity index is 1.35. The Bertz CT molecular complexity index is 1050. The Kier molecular flexibility index (Phi) is 6.21. The molecule has 0 saturated carbocycles. The summed E-state index contributed by atoms with van der Waals surface area (Å²) in [5, 5.41) is 3.11. The lowest BCUT2D eigenvalue weighted by Crippen LogP contribution is -2.45. The molecule has 1 aromatic carbocycles. The molecule has 2 aromatic heterocycles. The van der Waals surface area contributed by atoms with Gasteiger partial charge in [0.05, 0.1) is 17.0 Å².